The van der Waals surface area contributed by atoms with Gasteiger partial charge in [-0.2, -0.15) is 0 Å². The highest BCUT2D eigenvalue weighted by atomic mass is 16.6. The third-order valence-corrected chi connectivity index (χ3v) is 13.0. The van der Waals surface area contributed by atoms with Crippen molar-refractivity contribution in [3.63, 3.8) is 0 Å². The molecule has 0 saturated heterocycles. The minimum Gasteiger partial charge on any atom is -0.462 e. The van der Waals surface area contributed by atoms with E-state index >= 15 is 0 Å². The zero-order valence-electron chi connectivity index (χ0n) is 43.8. The molecule has 0 aromatic carbocycles. The van der Waals surface area contributed by atoms with Gasteiger partial charge in [-0.1, -0.05) is 270 Å². The predicted molar refractivity (Wildman–Crippen MR) is 279 cm³/mol. The van der Waals surface area contributed by atoms with Crippen LogP contribution in [-0.2, 0) is 28.6 Å². The molecular formula is C59H110O6. The van der Waals surface area contributed by atoms with Crippen LogP contribution in [0, 0.1) is 0 Å². The first-order chi connectivity index (χ1) is 32.0. The maximum absolute atomic E-state index is 12.7. The van der Waals surface area contributed by atoms with Gasteiger partial charge in [-0.25, -0.2) is 0 Å². The van der Waals surface area contributed by atoms with E-state index in [0.717, 1.165) is 64.2 Å². The van der Waals surface area contributed by atoms with E-state index in [-0.39, 0.29) is 31.1 Å². The minimum absolute atomic E-state index is 0.0656. The molecule has 0 saturated carbocycles. The molecule has 382 valence electrons. The van der Waals surface area contributed by atoms with E-state index in [1.54, 1.807) is 0 Å². The first-order valence-electron chi connectivity index (χ1n) is 28.8. The first kappa shape index (κ1) is 62.9. The van der Waals surface area contributed by atoms with Gasteiger partial charge in [0.2, 0.25) is 0 Å². The van der Waals surface area contributed by atoms with Gasteiger partial charge in [0.25, 0.3) is 0 Å². The van der Waals surface area contributed by atoms with Crippen molar-refractivity contribution in [3.05, 3.63) is 24.3 Å². The van der Waals surface area contributed by atoms with Crippen LogP contribution in [0.15, 0.2) is 24.3 Å². The molecule has 0 aromatic heterocycles. The number of carbonyl (C=O) groups excluding carboxylic acids is 3. The van der Waals surface area contributed by atoms with Crippen LogP contribution in [0.3, 0.4) is 0 Å². The van der Waals surface area contributed by atoms with E-state index < -0.39 is 6.10 Å². The SMILES string of the molecule is CCCCCCC/C=C\C/C=C\CCCCCCCCCCCCCCCCCCCCCC(=O)OCC(COC(=O)CCCCCCCCC)OC(=O)CCCCCCCCCCC. The van der Waals surface area contributed by atoms with Gasteiger partial charge in [-0.15, -0.1) is 0 Å². The monoisotopic (exact) mass is 915 g/mol. The van der Waals surface area contributed by atoms with Crippen LogP contribution in [0.1, 0.15) is 316 Å². The van der Waals surface area contributed by atoms with Crippen molar-refractivity contribution in [2.75, 3.05) is 13.2 Å². The average Bonchev–Trinajstić information content (AvgIpc) is 3.30. The summed E-state index contributed by atoms with van der Waals surface area (Å²) in [6.07, 6.45) is 63.7. The van der Waals surface area contributed by atoms with Crippen LogP contribution in [0.2, 0.25) is 0 Å². The second-order valence-electron chi connectivity index (χ2n) is 19.6. The van der Waals surface area contributed by atoms with Crippen molar-refractivity contribution >= 4 is 17.9 Å². The summed E-state index contributed by atoms with van der Waals surface area (Å²) in [5.74, 6) is -0.860. The number of hydrogen-bond acceptors (Lipinski definition) is 6. The lowest BCUT2D eigenvalue weighted by atomic mass is 10.0. The summed E-state index contributed by atoms with van der Waals surface area (Å²) in [6, 6.07) is 0. The molecule has 6 nitrogen and oxygen atoms in total. The lowest BCUT2D eigenvalue weighted by Gasteiger charge is -2.18. The van der Waals surface area contributed by atoms with Gasteiger partial charge >= 0.3 is 17.9 Å². The molecule has 0 amide bonds. The average molecular weight is 916 g/mol. The summed E-state index contributed by atoms with van der Waals surface area (Å²) >= 11 is 0. The smallest absolute Gasteiger partial charge is 0.306 e. The number of allylic oxidation sites excluding steroid dienone is 4. The minimum atomic E-state index is -0.761. The first-order valence-corrected chi connectivity index (χ1v) is 28.8. The molecular weight excluding hydrogens is 805 g/mol. The second-order valence-corrected chi connectivity index (χ2v) is 19.6. The summed E-state index contributed by atoms with van der Waals surface area (Å²) in [5.41, 5.74) is 0. The van der Waals surface area contributed by atoms with Crippen LogP contribution in [0.4, 0.5) is 0 Å². The fourth-order valence-electron chi connectivity index (χ4n) is 8.59. The van der Waals surface area contributed by atoms with Crippen molar-refractivity contribution in [1.82, 2.24) is 0 Å². The van der Waals surface area contributed by atoms with E-state index in [1.807, 2.05) is 0 Å². The lowest BCUT2D eigenvalue weighted by Crippen LogP contribution is -2.30. The van der Waals surface area contributed by atoms with Crippen LogP contribution in [0.25, 0.3) is 0 Å². The molecule has 0 N–H and O–H groups in total. The maximum Gasteiger partial charge on any atom is 0.306 e. The third-order valence-electron chi connectivity index (χ3n) is 13.0. The van der Waals surface area contributed by atoms with Crippen LogP contribution >= 0.6 is 0 Å². The van der Waals surface area contributed by atoms with E-state index in [9.17, 15) is 14.4 Å². The number of hydrogen-bond donors (Lipinski definition) is 0. The Kier molecular flexibility index (Phi) is 52.7. The Morgan fingerprint density at radius 2 is 0.554 bits per heavy atom. The number of esters is 3. The van der Waals surface area contributed by atoms with Gasteiger partial charge < -0.3 is 14.2 Å². The normalized spacial score (nSPS) is 12.1. The number of rotatable bonds is 53. The Balaban J connectivity index is 3.89. The standard InChI is InChI=1S/C59H110O6/c1-4-7-10-13-16-18-19-20-21-22-23-24-25-26-27-28-29-30-31-32-33-34-35-36-37-38-39-41-43-46-49-52-58(61)64-55-56(54-63-57(60)51-48-45-42-15-12-9-6-3)65-59(62)53-50-47-44-40-17-14-11-8-5-2/h19-20,22-23,56H,4-18,21,24-55H2,1-3H3/b20-19-,23-22-. The molecule has 0 spiro atoms. The predicted octanol–water partition coefficient (Wildman–Crippen LogP) is 19.1. The van der Waals surface area contributed by atoms with Crippen molar-refractivity contribution in [1.29, 1.82) is 0 Å². The summed E-state index contributed by atoms with van der Waals surface area (Å²) in [5, 5.41) is 0. The fraction of sp³-hybridized carbons (Fsp3) is 0.881. The molecule has 0 heterocycles. The Morgan fingerprint density at radius 1 is 0.308 bits per heavy atom. The highest BCUT2D eigenvalue weighted by molar-refractivity contribution is 5.71. The van der Waals surface area contributed by atoms with E-state index in [0.29, 0.717) is 19.3 Å². The lowest BCUT2D eigenvalue weighted by molar-refractivity contribution is -0.167. The molecule has 0 bridgehead atoms. The highest BCUT2D eigenvalue weighted by Crippen LogP contribution is 2.17. The summed E-state index contributed by atoms with van der Waals surface area (Å²) in [7, 11) is 0. The van der Waals surface area contributed by atoms with E-state index in [2.05, 4.69) is 45.1 Å². The van der Waals surface area contributed by atoms with Crippen LogP contribution in [-0.4, -0.2) is 37.2 Å². The summed E-state index contributed by atoms with van der Waals surface area (Å²) in [4.78, 5) is 37.7. The van der Waals surface area contributed by atoms with E-state index in [4.69, 9.17) is 14.2 Å². The zero-order chi connectivity index (χ0) is 47.2. The van der Waals surface area contributed by atoms with Gasteiger partial charge in [0.1, 0.15) is 13.2 Å². The van der Waals surface area contributed by atoms with Crippen molar-refractivity contribution < 1.29 is 28.6 Å². The topological polar surface area (TPSA) is 78.9 Å². The van der Waals surface area contributed by atoms with Crippen LogP contribution in [0.5, 0.6) is 0 Å². The third kappa shape index (κ3) is 52.7. The summed E-state index contributed by atoms with van der Waals surface area (Å²) < 4.78 is 16.7. The van der Waals surface area contributed by atoms with E-state index in [1.165, 1.54) is 212 Å². The molecule has 0 aliphatic rings. The number of ether oxygens (including phenoxy) is 3. The van der Waals surface area contributed by atoms with Crippen molar-refractivity contribution in [3.8, 4) is 0 Å². The number of unbranched alkanes of at least 4 members (excludes halogenated alkanes) is 38. The highest BCUT2D eigenvalue weighted by Gasteiger charge is 2.19. The quantitative estimate of drug-likeness (QED) is 0.0262. The zero-order valence-corrected chi connectivity index (χ0v) is 43.8. The molecule has 1 atom stereocenters. The molecule has 0 rings (SSSR count). The molecule has 0 aromatic rings. The Bertz CT molecular complexity index is 1050. The molecule has 6 heteroatoms. The molecule has 0 radical (unpaired) electrons. The van der Waals surface area contributed by atoms with Crippen molar-refractivity contribution in [2.24, 2.45) is 0 Å². The largest absolute Gasteiger partial charge is 0.462 e. The van der Waals surface area contributed by atoms with Crippen LogP contribution < -0.4 is 0 Å². The Morgan fingerprint density at radius 3 is 0.846 bits per heavy atom. The maximum atomic E-state index is 12.7. The Hall–Kier alpha value is -2.11. The molecule has 0 fully saturated rings. The summed E-state index contributed by atoms with van der Waals surface area (Å²) in [6.45, 7) is 6.60. The molecule has 65 heavy (non-hydrogen) atoms. The van der Waals surface area contributed by atoms with Crippen molar-refractivity contribution in [2.45, 2.75) is 322 Å². The fourth-order valence-corrected chi connectivity index (χ4v) is 8.59. The molecule has 1 unspecified atom stereocenters. The molecule has 0 aliphatic heterocycles. The van der Waals surface area contributed by atoms with Gasteiger partial charge in [0.15, 0.2) is 6.10 Å². The van der Waals surface area contributed by atoms with Gasteiger partial charge in [0, 0.05) is 19.3 Å². The molecule has 0 aliphatic carbocycles. The Labute approximate surface area is 404 Å². The number of carbonyl (C=O) groups is 3. The van der Waals surface area contributed by atoms with Gasteiger partial charge in [-0.3, -0.25) is 14.4 Å². The van der Waals surface area contributed by atoms with Gasteiger partial charge in [-0.05, 0) is 51.4 Å². The second kappa shape index (κ2) is 54.5. The van der Waals surface area contributed by atoms with Gasteiger partial charge in [0.05, 0.1) is 0 Å².